The van der Waals surface area contributed by atoms with Gasteiger partial charge in [-0.05, 0) is 12.1 Å². The van der Waals surface area contributed by atoms with Crippen molar-refractivity contribution in [2.24, 2.45) is 5.73 Å². The molecule has 0 aromatic heterocycles. The molecule has 0 heterocycles. The summed E-state index contributed by atoms with van der Waals surface area (Å²) in [5.41, 5.74) is 5.89. The molecule has 0 saturated carbocycles. The lowest BCUT2D eigenvalue weighted by molar-refractivity contribution is 0.371. The van der Waals surface area contributed by atoms with Crippen molar-refractivity contribution in [2.75, 3.05) is 7.11 Å². The van der Waals surface area contributed by atoms with E-state index < -0.39 is 0 Å². The summed E-state index contributed by atoms with van der Waals surface area (Å²) in [5, 5.41) is 9.93. The number of benzene rings is 1. The molecule has 1 rings (SSSR count). The van der Waals surface area contributed by atoms with Gasteiger partial charge in [-0.25, -0.2) is 0 Å². The smallest absolute Gasteiger partial charge is 0.163 e. The first kappa shape index (κ1) is 9.16. The molecule has 1 aromatic carbocycles. The normalized spacial score (nSPS) is 9.92. The minimum absolute atomic E-state index is 0.0208. The van der Waals surface area contributed by atoms with E-state index >= 15 is 0 Å². The number of phenols is 1. The number of methoxy groups -OCH3 is 1. The highest BCUT2D eigenvalue weighted by Gasteiger charge is 2.09. The summed E-state index contributed by atoms with van der Waals surface area (Å²) in [6, 6.07) is 3.24. The molecule has 0 saturated heterocycles. The third kappa shape index (κ3) is 1.47. The second-order valence-corrected chi connectivity index (χ2v) is 2.69. The lowest BCUT2D eigenvalue weighted by Crippen LogP contribution is -1.98. The van der Waals surface area contributed by atoms with Crippen LogP contribution in [0.15, 0.2) is 12.1 Å². The van der Waals surface area contributed by atoms with Gasteiger partial charge < -0.3 is 15.6 Å². The molecule has 0 aliphatic rings. The maximum absolute atomic E-state index is 9.48. The van der Waals surface area contributed by atoms with Gasteiger partial charge in [-0.1, -0.05) is 11.6 Å². The molecule has 0 unspecified atom stereocenters. The fourth-order valence-corrected chi connectivity index (χ4v) is 1.18. The number of nitrogens with two attached hydrogens (primary N) is 1. The van der Waals surface area contributed by atoms with Crippen LogP contribution in [0, 0.1) is 0 Å². The molecular weight excluding hydrogens is 178 g/mol. The van der Waals surface area contributed by atoms with Crippen molar-refractivity contribution >= 4 is 11.6 Å². The number of phenolic OH excluding ortho intramolecular Hbond substituents is 1. The van der Waals surface area contributed by atoms with Gasteiger partial charge in [-0.2, -0.15) is 0 Å². The minimum atomic E-state index is 0.0208. The van der Waals surface area contributed by atoms with Gasteiger partial charge in [0.2, 0.25) is 0 Å². The zero-order valence-corrected chi connectivity index (χ0v) is 7.43. The van der Waals surface area contributed by atoms with Crippen molar-refractivity contribution in [3.63, 3.8) is 0 Å². The monoisotopic (exact) mass is 187 g/mol. The van der Waals surface area contributed by atoms with E-state index in [9.17, 15) is 5.11 Å². The molecule has 3 nitrogen and oxygen atoms in total. The van der Waals surface area contributed by atoms with Gasteiger partial charge in [0.15, 0.2) is 11.5 Å². The molecule has 3 N–H and O–H groups in total. The fraction of sp³-hybridized carbons (Fsp3) is 0.250. The predicted molar refractivity (Wildman–Crippen MR) is 47.6 cm³/mol. The summed E-state index contributed by atoms with van der Waals surface area (Å²) in [4.78, 5) is 0. The standard InChI is InChI=1S/C8H10ClNO2/c1-12-7-3-2-6(9)5(4-10)8(7)11/h2-3,11H,4,10H2,1H3. The summed E-state index contributed by atoms with van der Waals surface area (Å²) in [6.45, 7) is 0.196. The molecule has 1 aromatic rings. The maximum Gasteiger partial charge on any atom is 0.163 e. The average molecular weight is 188 g/mol. The zero-order valence-electron chi connectivity index (χ0n) is 6.67. The Balaban J connectivity index is 3.24. The molecule has 0 aliphatic heterocycles. The van der Waals surface area contributed by atoms with E-state index in [0.717, 1.165) is 0 Å². The second kappa shape index (κ2) is 3.65. The van der Waals surface area contributed by atoms with Crippen LogP contribution in [0.3, 0.4) is 0 Å². The minimum Gasteiger partial charge on any atom is -0.504 e. The Hall–Kier alpha value is -0.930. The van der Waals surface area contributed by atoms with E-state index in [-0.39, 0.29) is 12.3 Å². The van der Waals surface area contributed by atoms with Gasteiger partial charge in [0.25, 0.3) is 0 Å². The summed E-state index contributed by atoms with van der Waals surface area (Å²) in [6.07, 6.45) is 0. The lowest BCUT2D eigenvalue weighted by atomic mass is 10.2. The van der Waals surface area contributed by atoms with Gasteiger partial charge >= 0.3 is 0 Å². The Bertz CT molecular complexity index is 289. The van der Waals surface area contributed by atoms with Crippen molar-refractivity contribution in [1.29, 1.82) is 0 Å². The molecule has 0 atom stereocenters. The van der Waals surface area contributed by atoms with Crippen LogP contribution in [0.5, 0.6) is 11.5 Å². The van der Waals surface area contributed by atoms with Crippen LogP contribution >= 0.6 is 11.6 Å². The van der Waals surface area contributed by atoms with Gasteiger partial charge in [-0.15, -0.1) is 0 Å². The van der Waals surface area contributed by atoms with E-state index in [2.05, 4.69) is 0 Å². The Morgan fingerprint density at radius 3 is 2.75 bits per heavy atom. The van der Waals surface area contributed by atoms with Gasteiger partial charge in [0, 0.05) is 17.1 Å². The Kier molecular flexibility index (Phi) is 2.78. The van der Waals surface area contributed by atoms with Crippen LogP contribution in [0.2, 0.25) is 5.02 Å². The molecule has 12 heavy (non-hydrogen) atoms. The number of halogens is 1. The highest BCUT2D eigenvalue weighted by atomic mass is 35.5. The van der Waals surface area contributed by atoms with Gasteiger partial charge in [0.1, 0.15) is 0 Å². The van der Waals surface area contributed by atoms with Crippen LogP contribution < -0.4 is 10.5 Å². The number of hydrogen-bond donors (Lipinski definition) is 2. The third-order valence-corrected chi connectivity index (χ3v) is 1.97. The maximum atomic E-state index is 9.48. The van der Waals surface area contributed by atoms with Crippen molar-refractivity contribution < 1.29 is 9.84 Å². The van der Waals surface area contributed by atoms with Crippen LogP contribution in [-0.2, 0) is 6.54 Å². The number of hydrogen-bond acceptors (Lipinski definition) is 3. The fourth-order valence-electron chi connectivity index (χ4n) is 0.949. The molecule has 4 heteroatoms. The van der Waals surface area contributed by atoms with Gasteiger partial charge in [0.05, 0.1) is 7.11 Å². The number of aromatic hydroxyl groups is 1. The molecular formula is C8H10ClNO2. The number of ether oxygens (including phenoxy) is 1. The van der Waals surface area contributed by atoms with Gasteiger partial charge in [-0.3, -0.25) is 0 Å². The van der Waals surface area contributed by atoms with E-state index in [1.807, 2.05) is 0 Å². The summed E-state index contributed by atoms with van der Waals surface area (Å²) in [7, 11) is 1.48. The molecule has 0 fully saturated rings. The Morgan fingerprint density at radius 1 is 1.58 bits per heavy atom. The van der Waals surface area contributed by atoms with Crippen molar-refractivity contribution in [1.82, 2.24) is 0 Å². The van der Waals surface area contributed by atoms with Crippen molar-refractivity contribution in [3.8, 4) is 11.5 Å². The molecule has 0 spiro atoms. The summed E-state index contributed by atoms with van der Waals surface area (Å²) < 4.78 is 4.88. The topological polar surface area (TPSA) is 55.5 Å². The second-order valence-electron chi connectivity index (χ2n) is 2.28. The van der Waals surface area contributed by atoms with Crippen molar-refractivity contribution in [3.05, 3.63) is 22.7 Å². The third-order valence-electron chi connectivity index (χ3n) is 1.61. The number of rotatable bonds is 2. The predicted octanol–water partition coefficient (Wildman–Crippen LogP) is 1.51. The summed E-state index contributed by atoms with van der Waals surface area (Å²) >= 11 is 5.76. The van der Waals surface area contributed by atoms with E-state index in [0.29, 0.717) is 16.3 Å². The van der Waals surface area contributed by atoms with Crippen LogP contribution in [0.25, 0.3) is 0 Å². The average Bonchev–Trinajstić information content (AvgIpc) is 2.06. The van der Waals surface area contributed by atoms with Crippen LogP contribution in [0.4, 0.5) is 0 Å². The quantitative estimate of drug-likeness (QED) is 0.738. The van der Waals surface area contributed by atoms with Crippen molar-refractivity contribution in [2.45, 2.75) is 6.54 Å². The van der Waals surface area contributed by atoms with Crippen LogP contribution in [-0.4, -0.2) is 12.2 Å². The lowest BCUT2D eigenvalue weighted by Gasteiger charge is -2.08. The first-order chi connectivity index (χ1) is 5.70. The molecule has 0 aliphatic carbocycles. The first-order valence-electron chi connectivity index (χ1n) is 3.45. The highest BCUT2D eigenvalue weighted by molar-refractivity contribution is 6.31. The first-order valence-corrected chi connectivity index (χ1v) is 3.83. The largest absolute Gasteiger partial charge is 0.504 e. The highest BCUT2D eigenvalue weighted by Crippen LogP contribution is 2.34. The van der Waals surface area contributed by atoms with E-state index in [4.69, 9.17) is 22.1 Å². The molecule has 0 amide bonds. The summed E-state index contributed by atoms with van der Waals surface area (Å²) in [5.74, 6) is 0.410. The SMILES string of the molecule is COc1ccc(Cl)c(CN)c1O. The Labute approximate surface area is 75.7 Å². The Morgan fingerprint density at radius 2 is 2.25 bits per heavy atom. The molecule has 0 radical (unpaired) electrons. The van der Waals surface area contributed by atoms with Crippen LogP contribution in [0.1, 0.15) is 5.56 Å². The zero-order chi connectivity index (χ0) is 9.14. The molecule has 0 bridgehead atoms. The molecule has 66 valence electrons. The van der Waals surface area contributed by atoms with E-state index in [1.54, 1.807) is 12.1 Å². The van der Waals surface area contributed by atoms with E-state index in [1.165, 1.54) is 7.11 Å².